The van der Waals surface area contributed by atoms with Crippen LogP contribution in [0.1, 0.15) is 17.0 Å². The lowest BCUT2D eigenvalue weighted by atomic mass is 10.1. The number of carbonyl (C=O) groups is 1. The van der Waals surface area contributed by atoms with E-state index in [0.717, 1.165) is 22.6 Å². The number of aromatic nitrogens is 3. The van der Waals surface area contributed by atoms with Crippen molar-refractivity contribution in [3.05, 3.63) is 63.5 Å². The number of hydrogen-bond donors (Lipinski definition) is 1. The van der Waals surface area contributed by atoms with Crippen molar-refractivity contribution in [2.45, 2.75) is 20.3 Å². The topological polar surface area (TPSA) is 78.3 Å². The van der Waals surface area contributed by atoms with Crippen LogP contribution in [0.2, 0.25) is 10.0 Å². The van der Waals surface area contributed by atoms with E-state index in [1.54, 1.807) is 42.3 Å². The summed E-state index contributed by atoms with van der Waals surface area (Å²) in [6, 6.07) is 8.77. The molecule has 0 atom stereocenters. The van der Waals surface area contributed by atoms with Crippen LogP contribution in [0.15, 0.2) is 36.5 Å². The Bertz CT molecular complexity index is 1050. The molecule has 0 spiro atoms. The van der Waals surface area contributed by atoms with E-state index in [0.29, 0.717) is 34.8 Å². The maximum Gasteiger partial charge on any atom is 0.237 e. The highest BCUT2D eigenvalue weighted by atomic mass is 35.5. The van der Waals surface area contributed by atoms with Crippen LogP contribution < -0.4 is 10.1 Å². The molecule has 3 rings (SSSR count). The van der Waals surface area contributed by atoms with Gasteiger partial charge >= 0.3 is 0 Å². The minimum atomic E-state index is -0.195. The van der Waals surface area contributed by atoms with Crippen molar-refractivity contribution in [3.8, 4) is 11.6 Å². The molecule has 0 aliphatic rings. The summed E-state index contributed by atoms with van der Waals surface area (Å²) >= 11 is 12.1. The zero-order valence-electron chi connectivity index (χ0n) is 16.9. The van der Waals surface area contributed by atoms with Crippen molar-refractivity contribution in [2.75, 3.05) is 25.6 Å². The molecule has 1 amide bonds. The van der Waals surface area contributed by atoms with Crippen molar-refractivity contribution in [3.63, 3.8) is 0 Å². The van der Waals surface area contributed by atoms with Crippen molar-refractivity contribution in [1.29, 1.82) is 0 Å². The number of aryl methyl sites for hydroxylation is 1. The molecule has 3 aromatic rings. The van der Waals surface area contributed by atoms with Gasteiger partial charge in [-0.25, -0.2) is 9.67 Å². The van der Waals surface area contributed by atoms with Gasteiger partial charge in [-0.3, -0.25) is 4.79 Å². The summed E-state index contributed by atoms with van der Waals surface area (Å²) in [4.78, 5) is 16.9. The number of benzene rings is 1. The van der Waals surface area contributed by atoms with Gasteiger partial charge in [-0.05, 0) is 44.2 Å². The molecule has 2 heterocycles. The third kappa shape index (κ3) is 5.11. The van der Waals surface area contributed by atoms with Crippen LogP contribution >= 0.6 is 23.2 Å². The average Bonchev–Trinajstić information content (AvgIpc) is 3.00. The van der Waals surface area contributed by atoms with Crippen LogP contribution in [0, 0.1) is 13.8 Å². The normalized spacial score (nSPS) is 10.8. The smallest absolute Gasteiger partial charge is 0.237 e. The number of nitrogens with one attached hydrogen (secondary N) is 1. The Hall–Kier alpha value is -2.61. The highest BCUT2D eigenvalue weighted by Gasteiger charge is 2.18. The molecule has 158 valence electrons. The maximum absolute atomic E-state index is 12.7. The summed E-state index contributed by atoms with van der Waals surface area (Å²) in [5, 5.41) is 8.34. The number of methoxy groups -OCH3 is 1. The van der Waals surface area contributed by atoms with Crippen molar-refractivity contribution in [2.24, 2.45) is 0 Å². The first kappa shape index (κ1) is 22.1. The standard InChI is InChI=1S/C21H22Cl2N4O3/c1-13-16(14(2)27(26-13)15-6-7-17(22)18(23)11-15)12-20(28)25-19-5-4-8-24-21(19)30-10-9-29-3/h4-8,11H,9-10,12H2,1-3H3,(H,25,28). The van der Waals surface area contributed by atoms with Gasteiger partial charge in [-0.1, -0.05) is 23.2 Å². The number of nitrogens with zero attached hydrogens (tertiary/aromatic N) is 3. The number of anilines is 1. The molecule has 0 aliphatic carbocycles. The minimum absolute atomic E-state index is 0.158. The fourth-order valence-corrected chi connectivity index (χ4v) is 3.27. The molecule has 1 N–H and O–H groups in total. The summed E-state index contributed by atoms with van der Waals surface area (Å²) in [6.45, 7) is 4.54. The second-order valence-electron chi connectivity index (χ2n) is 6.58. The van der Waals surface area contributed by atoms with Crippen LogP contribution in [0.25, 0.3) is 5.69 Å². The zero-order chi connectivity index (χ0) is 21.7. The Morgan fingerprint density at radius 3 is 2.70 bits per heavy atom. The number of ether oxygens (including phenoxy) is 2. The molecule has 2 aromatic heterocycles. The van der Waals surface area contributed by atoms with E-state index >= 15 is 0 Å². The lowest BCUT2D eigenvalue weighted by molar-refractivity contribution is -0.115. The number of hydrogen-bond acceptors (Lipinski definition) is 5. The van der Waals surface area contributed by atoms with Gasteiger partial charge in [0.2, 0.25) is 11.8 Å². The third-order valence-electron chi connectivity index (χ3n) is 4.50. The third-order valence-corrected chi connectivity index (χ3v) is 5.24. The Kier molecular flexibility index (Phi) is 7.31. The number of carbonyl (C=O) groups excluding carboxylic acids is 1. The van der Waals surface area contributed by atoms with Crippen molar-refractivity contribution >= 4 is 34.8 Å². The van der Waals surface area contributed by atoms with Gasteiger partial charge in [-0.15, -0.1) is 0 Å². The molecule has 0 fully saturated rings. The minimum Gasteiger partial charge on any atom is -0.474 e. The van der Waals surface area contributed by atoms with Crippen molar-refractivity contribution < 1.29 is 14.3 Å². The van der Waals surface area contributed by atoms with Gasteiger partial charge in [0.15, 0.2) is 0 Å². The second kappa shape index (κ2) is 9.93. The molecular weight excluding hydrogens is 427 g/mol. The van der Waals surface area contributed by atoms with Gasteiger partial charge in [0.1, 0.15) is 12.3 Å². The summed E-state index contributed by atoms with van der Waals surface area (Å²) in [5.74, 6) is 0.155. The molecule has 7 nitrogen and oxygen atoms in total. The molecule has 30 heavy (non-hydrogen) atoms. The van der Waals surface area contributed by atoms with Crippen molar-refractivity contribution in [1.82, 2.24) is 14.8 Å². The Labute approximate surface area is 184 Å². The molecule has 0 saturated carbocycles. The first-order chi connectivity index (χ1) is 14.4. The lowest BCUT2D eigenvalue weighted by Gasteiger charge is -2.11. The molecular formula is C21H22Cl2N4O3. The van der Waals surface area contributed by atoms with E-state index in [2.05, 4.69) is 15.4 Å². The summed E-state index contributed by atoms with van der Waals surface area (Å²) in [5.41, 5.74) is 3.73. The summed E-state index contributed by atoms with van der Waals surface area (Å²) in [6.07, 6.45) is 1.76. The van der Waals surface area contributed by atoms with Gasteiger partial charge in [0, 0.05) is 24.6 Å². The van der Waals surface area contributed by atoms with Gasteiger partial charge in [0.05, 0.1) is 34.5 Å². The molecule has 0 saturated heterocycles. The largest absolute Gasteiger partial charge is 0.474 e. The summed E-state index contributed by atoms with van der Waals surface area (Å²) < 4.78 is 12.3. The van der Waals surface area contributed by atoms with Crippen LogP contribution in [-0.2, 0) is 16.0 Å². The van der Waals surface area contributed by atoms with Gasteiger partial charge in [0.25, 0.3) is 0 Å². The Morgan fingerprint density at radius 1 is 1.17 bits per heavy atom. The quantitative estimate of drug-likeness (QED) is 0.516. The number of rotatable bonds is 8. The number of amides is 1. The van der Waals surface area contributed by atoms with E-state index < -0.39 is 0 Å². The van der Waals surface area contributed by atoms with Gasteiger partial charge < -0.3 is 14.8 Å². The van der Waals surface area contributed by atoms with Crippen LogP contribution in [0.3, 0.4) is 0 Å². The second-order valence-corrected chi connectivity index (χ2v) is 7.40. The zero-order valence-corrected chi connectivity index (χ0v) is 18.4. The highest BCUT2D eigenvalue weighted by molar-refractivity contribution is 6.42. The predicted octanol–water partition coefficient (Wildman–Crippen LogP) is 4.40. The maximum atomic E-state index is 12.7. The first-order valence-electron chi connectivity index (χ1n) is 9.27. The molecule has 9 heteroatoms. The van der Waals surface area contributed by atoms with E-state index in [-0.39, 0.29) is 12.3 Å². The van der Waals surface area contributed by atoms with Crippen LogP contribution in [0.4, 0.5) is 5.69 Å². The molecule has 0 radical (unpaired) electrons. The van der Waals surface area contributed by atoms with Crippen LogP contribution in [0.5, 0.6) is 5.88 Å². The summed E-state index contributed by atoms with van der Waals surface area (Å²) in [7, 11) is 1.59. The Morgan fingerprint density at radius 2 is 1.97 bits per heavy atom. The fourth-order valence-electron chi connectivity index (χ4n) is 2.98. The van der Waals surface area contributed by atoms with Crippen LogP contribution in [-0.4, -0.2) is 41.0 Å². The van der Waals surface area contributed by atoms with E-state index in [1.165, 1.54) is 0 Å². The average molecular weight is 449 g/mol. The highest BCUT2D eigenvalue weighted by Crippen LogP contribution is 2.27. The predicted molar refractivity (Wildman–Crippen MR) is 117 cm³/mol. The number of pyridine rings is 1. The first-order valence-corrected chi connectivity index (χ1v) is 10.0. The Balaban J connectivity index is 1.77. The lowest BCUT2D eigenvalue weighted by Crippen LogP contribution is -2.17. The van der Waals surface area contributed by atoms with E-state index in [4.69, 9.17) is 32.7 Å². The number of halogens is 2. The molecule has 0 unspecified atom stereocenters. The SMILES string of the molecule is COCCOc1ncccc1NC(=O)Cc1c(C)nn(-c2ccc(Cl)c(Cl)c2)c1C. The monoisotopic (exact) mass is 448 g/mol. The molecule has 0 bridgehead atoms. The van der Waals surface area contributed by atoms with E-state index in [9.17, 15) is 4.79 Å². The van der Waals surface area contributed by atoms with Gasteiger partial charge in [-0.2, -0.15) is 5.10 Å². The molecule has 0 aliphatic heterocycles. The fraction of sp³-hybridized carbons (Fsp3) is 0.286. The van der Waals surface area contributed by atoms with E-state index in [1.807, 2.05) is 19.9 Å². The molecule has 1 aromatic carbocycles.